The van der Waals surface area contributed by atoms with Gasteiger partial charge in [-0.25, -0.2) is 29.9 Å². The van der Waals surface area contributed by atoms with Gasteiger partial charge in [-0.15, -0.1) is 0 Å². The number of aryl methyl sites for hydroxylation is 4. The smallest absolute Gasteiger partial charge is 0.251 e. The normalized spacial score (nSPS) is 10.5. The first-order valence-electron chi connectivity index (χ1n) is 21.9. The molecule has 11 rings (SSSR count). The summed E-state index contributed by atoms with van der Waals surface area (Å²) in [5.41, 5.74) is 12.7. The Kier molecular flexibility index (Phi) is 18.8. The second-order valence-corrected chi connectivity index (χ2v) is 18.3. The molecule has 0 saturated heterocycles. The summed E-state index contributed by atoms with van der Waals surface area (Å²) in [6.07, 6.45) is 7.08. The average molecular weight is 1080 g/mol. The molecule has 7 aromatic heterocycles. The summed E-state index contributed by atoms with van der Waals surface area (Å²) >= 11 is 10.9. The van der Waals surface area contributed by atoms with Crippen LogP contribution < -0.4 is 16.7 Å². The van der Waals surface area contributed by atoms with Gasteiger partial charge in [0.1, 0.15) is 0 Å². The van der Waals surface area contributed by atoms with Gasteiger partial charge in [0.2, 0.25) is 0 Å². The van der Waals surface area contributed by atoms with Crippen LogP contribution in [0.3, 0.4) is 0 Å². The predicted molar refractivity (Wildman–Crippen MR) is 291 cm³/mol. The van der Waals surface area contributed by atoms with Crippen LogP contribution in [0.15, 0.2) is 165 Å². The van der Waals surface area contributed by atoms with Gasteiger partial charge in [-0.1, -0.05) is 88.0 Å². The first-order valence-corrected chi connectivity index (χ1v) is 25.4. The summed E-state index contributed by atoms with van der Waals surface area (Å²) in [4.78, 5) is 87.4. The van der Waals surface area contributed by atoms with Crippen molar-refractivity contribution in [3.8, 4) is 0 Å². The van der Waals surface area contributed by atoms with Gasteiger partial charge >= 0.3 is 0 Å². The fourth-order valence-corrected chi connectivity index (χ4v) is 8.50. The lowest BCUT2D eigenvalue weighted by Crippen LogP contribution is -2.08. The van der Waals surface area contributed by atoms with Crippen molar-refractivity contribution in [2.45, 2.75) is 54.8 Å². The van der Waals surface area contributed by atoms with Crippen molar-refractivity contribution in [3.05, 3.63) is 216 Å². The Morgan fingerprint density at radius 3 is 1.18 bits per heavy atom. The van der Waals surface area contributed by atoms with Crippen LogP contribution in [-0.2, 0) is 16.8 Å². The topological polar surface area (TPSA) is 243 Å². The van der Waals surface area contributed by atoms with Crippen LogP contribution >= 0.6 is 51.7 Å². The highest BCUT2D eigenvalue weighted by Crippen LogP contribution is 2.20. The zero-order chi connectivity index (χ0) is 50.8. The van der Waals surface area contributed by atoms with Crippen molar-refractivity contribution >= 4 is 95.8 Å². The minimum atomic E-state index is -0.156. The van der Waals surface area contributed by atoms with Crippen LogP contribution in [-0.4, -0.2) is 69.8 Å². The minimum Gasteiger partial charge on any atom is -0.336 e. The molecule has 17 nitrogen and oxygen atoms in total. The van der Waals surface area contributed by atoms with Gasteiger partial charge in [0, 0.05) is 76.9 Å². The standard InChI is InChI=1S/2C14H12N4OS.C9H7BrN2.C9H8N2.C5H6N2OS/c2*1-9-6-13(19)18-14(16-9)20-8-10-7-15-11-4-2-3-5-12(11)17-10;10-5-7-6-11-8-3-1-2-4-9(8)12-7;1-7-6-10-8-4-2-3-5-9(8)11-7;1-3-2-4(8)7-5(9)6-3/h2*2-7H,8H2,1H3,(H,16,18,19);1-4,6H,5H2;2-6H,1H3;2H,1H3,(H2,6,7,8,9). The molecule has 21 heteroatoms. The zero-order valence-corrected chi connectivity index (χ0v) is 43.2. The Hall–Kier alpha value is -7.72. The highest BCUT2D eigenvalue weighted by Gasteiger charge is 2.06. The molecule has 0 radical (unpaired) electrons. The average Bonchev–Trinajstić information content (AvgIpc) is 3.37. The van der Waals surface area contributed by atoms with E-state index in [4.69, 9.17) is 0 Å². The summed E-state index contributed by atoms with van der Waals surface area (Å²) < 4.78 is 0.375. The minimum absolute atomic E-state index is 0.135. The number of nitrogens with zero attached hydrogens (tertiary/aromatic N) is 10. The molecule has 0 aliphatic heterocycles. The molecule has 0 bridgehead atoms. The maximum absolute atomic E-state index is 11.4. The molecule has 7 heterocycles. The van der Waals surface area contributed by atoms with Gasteiger partial charge in [-0.2, -0.15) is 0 Å². The third-order valence-corrected chi connectivity index (χ3v) is 12.1. The Balaban J connectivity index is 0.000000137. The molecule has 11 aromatic rings. The highest BCUT2D eigenvalue weighted by molar-refractivity contribution is 9.08. The number of halogens is 1. The number of benzene rings is 4. The maximum atomic E-state index is 11.4. The zero-order valence-electron chi connectivity index (χ0n) is 39.2. The third kappa shape index (κ3) is 16.2. The molecule has 0 amide bonds. The Labute approximate surface area is 433 Å². The molecule has 4 N–H and O–H groups in total. The first kappa shape index (κ1) is 52.1. The van der Waals surface area contributed by atoms with Crippen molar-refractivity contribution < 1.29 is 0 Å². The van der Waals surface area contributed by atoms with E-state index in [2.05, 4.69) is 97.9 Å². The molecule has 0 saturated carbocycles. The first-order chi connectivity index (χ1) is 34.8. The molecule has 72 heavy (non-hydrogen) atoms. The van der Waals surface area contributed by atoms with Gasteiger partial charge in [0.05, 0.1) is 66.9 Å². The van der Waals surface area contributed by atoms with Crippen LogP contribution in [0.1, 0.15) is 39.9 Å². The number of rotatable bonds is 7. The molecule has 0 aliphatic carbocycles. The van der Waals surface area contributed by atoms with E-state index in [9.17, 15) is 14.4 Å². The van der Waals surface area contributed by atoms with Gasteiger partial charge in [0.25, 0.3) is 16.7 Å². The van der Waals surface area contributed by atoms with E-state index in [0.717, 1.165) is 77.9 Å². The van der Waals surface area contributed by atoms with Crippen LogP contribution in [0.25, 0.3) is 44.1 Å². The van der Waals surface area contributed by atoms with Crippen molar-refractivity contribution in [2.24, 2.45) is 0 Å². The summed E-state index contributed by atoms with van der Waals surface area (Å²) in [6, 6.07) is 35.6. The van der Waals surface area contributed by atoms with Crippen molar-refractivity contribution in [1.29, 1.82) is 0 Å². The number of para-hydroxylation sites is 8. The summed E-state index contributed by atoms with van der Waals surface area (Å²) in [6.45, 7) is 7.33. The Morgan fingerprint density at radius 1 is 0.431 bits per heavy atom. The molecule has 0 fully saturated rings. The second kappa shape index (κ2) is 25.9. The number of thioether (sulfide) groups is 2. The van der Waals surface area contributed by atoms with E-state index < -0.39 is 0 Å². The van der Waals surface area contributed by atoms with E-state index in [0.29, 0.717) is 38.0 Å². The maximum Gasteiger partial charge on any atom is 0.251 e. The monoisotopic (exact) mass is 1080 g/mol. The van der Waals surface area contributed by atoms with Gasteiger partial charge in [-0.3, -0.25) is 39.3 Å². The summed E-state index contributed by atoms with van der Waals surface area (Å²) in [7, 11) is 0. The molecule has 0 atom stereocenters. The van der Waals surface area contributed by atoms with Gasteiger partial charge in [0.15, 0.2) is 15.1 Å². The van der Waals surface area contributed by atoms with E-state index in [1.807, 2.05) is 104 Å². The van der Waals surface area contributed by atoms with Crippen LogP contribution in [0, 0.1) is 32.5 Å². The van der Waals surface area contributed by atoms with Gasteiger partial charge in [-0.05, 0) is 88.4 Å². The number of aromatic nitrogens is 14. The molecule has 4 aromatic carbocycles. The second-order valence-electron chi connectivity index (χ2n) is 15.4. The fourth-order valence-electron chi connectivity index (χ4n) is 6.36. The number of hydrogen-bond donors (Lipinski definition) is 4. The van der Waals surface area contributed by atoms with E-state index in [1.54, 1.807) is 45.6 Å². The Bertz CT molecular complexity index is 3690. The van der Waals surface area contributed by atoms with Crippen molar-refractivity contribution in [3.63, 3.8) is 0 Å². The van der Waals surface area contributed by atoms with Crippen LogP contribution in [0.5, 0.6) is 0 Å². The number of nitrogens with one attached hydrogen (secondary N) is 4. The number of fused-ring (bicyclic) bond motifs is 4. The van der Waals surface area contributed by atoms with E-state index in [-0.39, 0.29) is 16.7 Å². The number of H-pyrrole nitrogens is 4. The van der Waals surface area contributed by atoms with Crippen LogP contribution in [0.4, 0.5) is 0 Å². The van der Waals surface area contributed by atoms with E-state index >= 15 is 0 Å². The van der Waals surface area contributed by atoms with Crippen LogP contribution in [0.2, 0.25) is 0 Å². The fraction of sp³-hybridized carbons (Fsp3) is 0.137. The van der Waals surface area contributed by atoms with Crippen molar-refractivity contribution in [2.75, 3.05) is 0 Å². The predicted octanol–water partition coefficient (Wildman–Crippen LogP) is 9.83. The molecule has 0 aliphatic rings. The molecular weight excluding hydrogens is 1030 g/mol. The Morgan fingerprint density at radius 2 is 0.792 bits per heavy atom. The molecule has 0 unspecified atom stereocenters. The number of hydrogen-bond acceptors (Lipinski definition) is 16. The van der Waals surface area contributed by atoms with Crippen molar-refractivity contribution in [1.82, 2.24) is 69.8 Å². The summed E-state index contributed by atoms with van der Waals surface area (Å²) in [5, 5.41) is 1.96. The number of alkyl halides is 1. The van der Waals surface area contributed by atoms with E-state index in [1.165, 1.54) is 41.7 Å². The lowest BCUT2D eigenvalue weighted by molar-refractivity contribution is 0.904. The third-order valence-electron chi connectivity index (χ3n) is 9.51. The molecular formula is C51H45BrN14O3S3. The molecule has 0 spiro atoms. The number of aromatic amines is 4. The summed E-state index contributed by atoms with van der Waals surface area (Å²) in [5.74, 6) is 1.23. The lowest BCUT2D eigenvalue weighted by Gasteiger charge is -2.02. The largest absolute Gasteiger partial charge is 0.336 e. The quantitative estimate of drug-likeness (QED) is 0.0502. The lowest BCUT2D eigenvalue weighted by atomic mass is 10.3. The molecule has 362 valence electrons. The van der Waals surface area contributed by atoms with Gasteiger partial charge < -0.3 is 15.0 Å². The SMILES string of the molecule is BrCc1cnc2ccccc2n1.Cc1cc(=O)[nH]c(=S)[nH]1.Cc1cc(=O)[nH]c(SCc2cnc3ccccc3n2)n1.Cc1cc(=O)[nH]c(SCc2cnc3ccccc3n2)n1.Cc1cnc2ccccc2n1. The highest BCUT2D eigenvalue weighted by atomic mass is 79.9.